The van der Waals surface area contributed by atoms with Crippen LogP contribution in [0.2, 0.25) is 0 Å². The molecule has 0 aliphatic carbocycles. The van der Waals surface area contributed by atoms with Gasteiger partial charge >= 0.3 is 0 Å². The Morgan fingerprint density at radius 2 is 1.97 bits per heavy atom. The summed E-state index contributed by atoms with van der Waals surface area (Å²) >= 11 is 0. The lowest BCUT2D eigenvalue weighted by Crippen LogP contribution is -2.18. The Morgan fingerprint density at radius 1 is 1.19 bits per heavy atom. The number of pyridine rings is 1. The average molecular weight is 425 g/mol. The molecule has 0 atom stereocenters. The molecule has 1 amide bonds. The van der Waals surface area contributed by atoms with E-state index >= 15 is 0 Å². The maximum Gasteiger partial charge on any atom is 0.228 e. The van der Waals surface area contributed by atoms with E-state index in [2.05, 4.69) is 28.4 Å². The van der Waals surface area contributed by atoms with Crippen molar-refractivity contribution in [3.8, 4) is 17.6 Å². The molecule has 32 heavy (non-hydrogen) atoms. The van der Waals surface area contributed by atoms with Gasteiger partial charge in [0.15, 0.2) is 11.6 Å². The minimum absolute atomic E-state index is 0.135. The molecule has 1 N–H and O–H groups in total. The van der Waals surface area contributed by atoms with Gasteiger partial charge in [0.25, 0.3) is 0 Å². The molecule has 160 valence electrons. The van der Waals surface area contributed by atoms with E-state index in [1.807, 2.05) is 61.5 Å². The maximum atomic E-state index is 12.6. The predicted molar refractivity (Wildman–Crippen MR) is 123 cm³/mol. The van der Waals surface area contributed by atoms with Gasteiger partial charge in [0, 0.05) is 5.39 Å². The largest absolute Gasteiger partial charge is 0.493 e. The van der Waals surface area contributed by atoms with Gasteiger partial charge < -0.3 is 10.1 Å². The quantitative estimate of drug-likeness (QED) is 0.468. The fourth-order valence-corrected chi connectivity index (χ4v) is 3.44. The van der Waals surface area contributed by atoms with Gasteiger partial charge in [-0.15, -0.1) is 0 Å². The maximum absolute atomic E-state index is 12.6. The highest BCUT2D eigenvalue weighted by Crippen LogP contribution is 2.23. The summed E-state index contributed by atoms with van der Waals surface area (Å²) in [5, 5.41) is 17.6. The Labute approximate surface area is 186 Å². The molecule has 0 bridgehead atoms. The molecule has 4 aromatic rings. The van der Waals surface area contributed by atoms with E-state index < -0.39 is 0 Å². The van der Waals surface area contributed by atoms with E-state index in [1.54, 1.807) is 0 Å². The second-order valence-electron chi connectivity index (χ2n) is 7.39. The Balaban J connectivity index is 1.50. The number of benzene rings is 2. The summed E-state index contributed by atoms with van der Waals surface area (Å²) in [6, 6.07) is 19.6. The van der Waals surface area contributed by atoms with E-state index in [1.165, 1.54) is 16.4 Å². The molecule has 2 aromatic heterocycles. The Morgan fingerprint density at radius 3 is 2.72 bits per heavy atom. The van der Waals surface area contributed by atoms with E-state index in [9.17, 15) is 10.1 Å². The second-order valence-corrected chi connectivity index (χ2v) is 7.39. The first-order chi connectivity index (χ1) is 15.6. The van der Waals surface area contributed by atoms with Crippen LogP contribution in [0, 0.1) is 18.3 Å². The zero-order valence-corrected chi connectivity index (χ0v) is 18.0. The molecular formula is C25H23N5O2. The molecule has 7 heteroatoms. The molecule has 4 rings (SSSR count). The van der Waals surface area contributed by atoms with Crippen molar-refractivity contribution in [3.63, 3.8) is 0 Å². The van der Waals surface area contributed by atoms with Crippen molar-refractivity contribution in [1.29, 1.82) is 5.26 Å². The molecular weight excluding hydrogens is 402 g/mol. The summed E-state index contributed by atoms with van der Waals surface area (Å²) in [5.41, 5.74) is 3.34. The number of hydrogen-bond donors (Lipinski definition) is 1. The smallest absolute Gasteiger partial charge is 0.228 e. The van der Waals surface area contributed by atoms with Crippen LogP contribution >= 0.6 is 0 Å². The van der Waals surface area contributed by atoms with Gasteiger partial charge in [-0.25, -0.2) is 4.98 Å². The highest BCUT2D eigenvalue weighted by Gasteiger charge is 2.17. The van der Waals surface area contributed by atoms with Crippen LogP contribution in [-0.4, -0.2) is 27.3 Å². The van der Waals surface area contributed by atoms with E-state index in [4.69, 9.17) is 4.74 Å². The van der Waals surface area contributed by atoms with Gasteiger partial charge in [0.1, 0.15) is 17.4 Å². The number of aromatic nitrogens is 3. The molecule has 0 saturated carbocycles. The van der Waals surface area contributed by atoms with Crippen molar-refractivity contribution in [2.45, 2.75) is 26.7 Å². The van der Waals surface area contributed by atoms with E-state index in [-0.39, 0.29) is 24.5 Å². The van der Waals surface area contributed by atoms with Crippen LogP contribution in [0.3, 0.4) is 0 Å². The van der Waals surface area contributed by atoms with Crippen LogP contribution < -0.4 is 10.1 Å². The molecule has 0 aliphatic heterocycles. The summed E-state index contributed by atoms with van der Waals surface area (Å²) < 4.78 is 7.16. The summed E-state index contributed by atoms with van der Waals surface area (Å²) in [4.78, 5) is 17.2. The number of aryl methyl sites for hydroxylation is 2. The van der Waals surface area contributed by atoms with Gasteiger partial charge in [0.05, 0.1) is 24.7 Å². The van der Waals surface area contributed by atoms with Crippen molar-refractivity contribution >= 4 is 22.6 Å². The first kappa shape index (κ1) is 21.1. The number of rotatable bonds is 7. The van der Waals surface area contributed by atoms with Gasteiger partial charge in [-0.05, 0) is 48.7 Å². The summed E-state index contributed by atoms with van der Waals surface area (Å²) in [6.45, 7) is 4.31. The molecule has 0 unspecified atom stereocenters. The lowest BCUT2D eigenvalue weighted by Gasteiger charge is -2.11. The topological polar surface area (TPSA) is 92.8 Å². The Bertz CT molecular complexity index is 1300. The third-order valence-corrected chi connectivity index (χ3v) is 5.20. The van der Waals surface area contributed by atoms with Crippen molar-refractivity contribution in [1.82, 2.24) is 14.8 Å². The number of nitrogens with one attached hydrogen (secondary N) is 1. The number of para-hydroxylation sites is 1. The minimum Gasteiger partial charge on any atom is -0.493 e. The number of carbonyl (C=O) groups is 1. The Hall–Kier alpha value is -4.18. The normalized spacial score (nSPS) is 10.7. The fraction of sp³-hybridized carbons (Fsp3) is 0.200. The molecule has 2 heterocycles. The summed E-state index contributed by atoms with van der Waals surface area (Å²) in [5.74, 6) is 1.27. The average Bonchev–Trinajstić information content (AvgIpc) is 3.22. The molecule has 2 aromatic carbocycles. The number of ether oxygens (including phenoxy) is 1. The second kappa shape index (κ2) is 9.31. The van der Waals surface area contributed by atoms with Crippen LogP contribution in [0.25, 0.3) is 16.7 Å². The molecule has 0 aliphatic rings. The van der Waals surface area contributed by atoms with Gasteiger partial charge in [-0.2, -0.15) is 15.0 Å². The Kier molecular flexibility index (Phi) is 6.13. The molecule has 7 nitrogen and oxygen atoms in total. The molecule has 0 fully saturated rings. The highest BCUT2D eigenvalue weighted by molar-refractivity contribution is 5.91. The summed E-state index contributed by atoms with van der Waals surface area (Å²) in [7, 11) is 0. The first-order valence-corrected chi connectivity index (χ1v) is 10.5. The number of amides is 1. The highest BCUT2D eigenvalue weighted by atomic mass is 16.5. The van der Waals surface area contributed by atoms with Crippen LogP contribution in [-0.2, 0) is 11.2 Å². The lowest BCUT2D eigenvalue weighted by molar-refractivity contribution is -0.116. The summed E-state index contributed by atoms with van der Waals surface area (Å²) in [6.07, 6.45) is 2.52. The lowest BCUT2D eigenvalue weighted by atomic mass is 10.1. The number of anilines is 1. The SMILES string of the molecule is CCc1ccc(OCCC(=O)Nc2c(C#N)cnn2-c2cc(C)c3ccccc3n2)cc1. The third-order valence-electron chi connectivity index (χ3n) is 5.20. The van der Waals surface area contributed by atoms with Crippen molar-refractivity contribution in [3.05, 3.63) is 77.5 Å². The van der Waals surface area contributed by atoms with Crippen LogP contribution in [0.5, 0.6) is 5.75 Å². The predicted octanol–water partition coefficient (Wildman–Crippen LogP) is 4.57. The van der Waals surface area contributed by atoms with Crippen LogP contribution in [0.1, 0.15) is 30.0 Å². The van der Waals surface area contributed by atoms with E-state index in [0.29, 0.717) is 17.4 Å². The van der Waals surface area contributed by atoms with Crippen LogP contribution in [0.4, 0.5) is 5.82 Å². The standard InChI is InChI=1S/C25H23N5O2/c1-3-18-8-10-20(11-9-18)32-13-12-24(31)29-25-19(15-26)16-27-30(25)23-14-17(2)21-6-4-5-7-22(21)28-23/h4-11,14,16H,3,12-13H2,1-2H3,(H,29,31). The van der Waals surface area contributed by atoms with Crippen LogP contribution in [0.15, 0.2) is 60.8 Å². The van der Waals surface area contributed by atoms with Crippen molar-refractivity contribution < 1.29 is 9.53 Å². The fourth-order valence-electron chi connectivity index (χ4n) is 3.44. The molecule has 0 radical (unpaired) electrons. The zero-order chi connectivity index (χ0) is 22.5. The van der Waals surface area contributed by atoms with Crippen molar-refractivity contribution in [2.24, 2.45) is 0 Å². The van der Waals surface area contributed by atoms with Crippen molar-refractivity contribution in [2.75, 3.05) is 11.9 Å². The van der Waals surface area contributed by atoms with Gasteiger partial charge in [-0.1, -0.05) is 37.3 Å². The number of carbonyl (C=O) groups excluding carboxylic acids is 1. The van der Waals surface area contributed by atoms with E-state index in [0.717, 1.165) is 22.9 Å². The number of hydrogen-bond acceptors (Lipinski definition) is 5. The first-order valence-electron chi connectivity index (χ1n) is 10.5. The monoisotopic (exact) mass is 425 g/mol. The van der Waals surface area contributed by atoms with Gasteiger partial charge in [0.2, 0.25) is 5.91 Å². The third kappa shape index (κ3) is 4.44. The number of fused-ring (bicyclic) bond motifs is 1. The molecule has 0 saturated heterocycles. The number of nitrogens with zero attached hydrogens (tertiary/aromatic N) is 4. The van der Waals surface area contributed by atoms with Gasteiger partial charge in [-0.3, -0.25) is 4.79 Å². The minimum atomic E-state index is -0.272. The zero-order valence-electron chi connectivity index (χ0n) is 18.0. The molecule has 0 spiro atoms. The number of nitriles is 1.